The molecule has 1 aliphatic rings. The van der Waals surface area contributed by atoms with Gasteiger partial charge in [-0.15, -0.1) is 0 Å². The van der Waals surface area contributed by atoms with Crippen LogP contribution in [0.5, 0.6) is 0 Å². The largest absolute Gasteiger partial charge is 0.480 e. The van der Waals surface area contributed by atoms with Gasteiger partial charge in [-0.1, -0.05) is 6.07 Å². The van der Waals surface area contributed by atoms with E-state index in [9.17, 15) is 14.3 Å². The van der Waals surface area contributed by atoms with E-state index in [1.807, 2.05) is 0 Å². The summed E-state index contributed by atoms with van der Waals surface area (Å²) < 4.78 is 13.2. The highest BCUT2D eigenvalue weighted by Gasteiger charge is 2.35. The lowest BCUT2D eigenvalue weighted by atomic mass is 10.1. The molecule has 1 aliphatic heterocycles. The van der Waals surface area contributed by atoms with Crippen molar-refractivity contribution in [3.63, 3.8) is 0 Å². The molecule has 0 saturated carbocycles. The van der Waals surface area contributed by atoms with E-state index in [1.54, 1.807) is 11.0 Å². The number of hydrogen-bond acceptors (Lipinski definition) is 4. The Bertz CT molecular complexity index is 541. The van der Waals surface area contributed by atoms with Crippen molar-refractivity contribution in [2.24, 2.45) is 0 Å². The first kappa shape index (κ1) is 13.5. The third-order valence-corrected chi connectivity index (χ3v) is 3.20. The zero-order chi connectivity index (χ0) is 14.0. The number of aliphatic carboxylic acids is 1. The van der Waals surface area contributed by atoms with Crippen LogP contribution in [0.2, 0.25) is 0 Å². The second-order valence-corrected chi connectivity index (χ2v) is 4.60. The number of hydrogen-bond donors (Lipinski definition) is 2. The molecule has 1 aromatic carbocycles. The van der Waals surface area contributed by atoms with E-state index in [2.05, 4.69) is 0 Å². The Kier molecular flexibility index (Phi) is 3.79. The molecule has 1 aromatic rings. The Balaban J connectivity index is 2.17. The quantitative estimate of drug-likeness (QED) is 0.840. The van der Waals surface area contributed by atoms with Gasteiger partial charge in [0.2, 0.25) is 0 Å². The number of carboxylic acid groups (broad SMARTS) is 1. The van der Waals surface area contributed by atoms with E-state index in [4.69, 9.17) is 10.4 Å². The predicted molar refractivity (Wildman–Crippen MR) is 63.6 cm³/mol. The number of likely N-dealkylation sites (tertiary alicyclic amines) is 1. The number of aliphatic hydroxyl groups is 1. The van der Waals surface area contributed by atoms with Crippen LogP contribution in [-0.4, -0.2) is 39.8 Å². The molecule has 2 atom stereocenters. The first-order valence-corrected chi connectivity index (χ1v) is 5.84. The standard InChI is InChI=1S/C13H13FN2O3/c14-11-2-1-8(3-9(11)5-15)6-16-7-10(17)4-12(16)13(18)19/h1-3,10,12,17H,4,6-7H2,(H,18,19). The molecule has 5 nitrogen and oxygen atoms in total. The van der Waals surface area contributed by atoms with Crippen molar-refractivity contribution in [3.05, 3.63) is 35.1 Å². The van der Waals surface area contributed by atoms with Crippen LogP contribution in [0.25, 0.3) is 0 Å². The van der Waals surface area contributed by atoms with E-state index in [1.165, 1.54) is 18.2 Å². The molecule has 0 amide bonds. The molecule has 1 heterocycles. The summed E-state index contributed by atoms with van der Waals surface area (Å²) in [6.07, 6.45) is -0.487. The Morgan fingerprint density at radius 1 is 1.58 bits per heavy atom. The summed E-state index contributed by atoms with van der Waals surface area (Å²) in [5.41, 5.74) is 0.586. The Labute approximate surface area is 109 Å². The lowest BCUT2D eigenvalue weighted by Gasteiger charge is -2.20. The van der Waals surface area contributed by atoms with Crippen molar-refractivity contribution in [1.29, 1.82) is 5.26 Å². The fraction of sp³-hybridized carbons (Fsp3) is 0.385. The second-order valence-electron chi connectivity index (χ2n) is 4.60. The maximum Gasteiger partial charge on any atom is 0.321 e. The predicted octanol–water partition coefficient (Wildman–Crippen LogP) is 0.717. The number of β-amino-alcohol motifs (C(OH)–C–C–N with tert-alkyl or cyclic N) is 1. The summed E-state index contributed by atoms with van der Waals surface area (Å²) >= 11 is 0. The van der Waals surface area contributed by atoms with Crippen molar-refractivity contribution in [2.45, 2.75) is 25.1 Å². The summed E-state index contributed by atoms with van der Waals surface area (Å²) in [5, 5.41) is 27.3. The smallest absolute Gasteiger partial charge is 0.321 e. The summed E-state index contributed by atoms with van der Waals surface area (Å²) in [6.45, 7) is 0.527. The molecule has 0 aliphatic carbocycles. The number of halogens is 1. The van der Waals surface area contributed by atoms with Gasteiger partial charge >= 0.3 is 5.97 Å². The fourth-order valence-corrected chi connectivity index (χ4v) is 2.30. The van der Waals surface area contributed by atoms with Gasteiger partial charge in [0.25, 0.3) is 0 Å². The van der Waals surface area contributed by atoms with Crippen LogP contribution >= 0.6 is 0 Å². The van der Waals surface area contributed by atoms with Crippen molar-refractivity contribution >= 4 is 5.97 Å². The molecule has 2 unspecified atom stereocenters. The number of carboxylic acids is 1. The highest BCUT2D eigenvalue weighted by Crippen LogP contribution is 2.21. The van der Waals surface area contributed by atoms with E-state index >= 15 is 0 Å². The molecular weight excluding hydrogens is 251 g/mol. The highest BCUT2D eigenvalue weighted by molar-refractivity contribution is 5.74. The lowest BCUT2D eigenvalue weighted by Crippen LogP contribution is -2.35. The monoisotopic (exact) mass is 264 g/mol. The number of rotatable bonds is 3. The average Bonchev–Trinajstić information content (AvgIpc) is 2.73. The minimum atomic E-state index is -0.987. The number of nitriles is 1. The van der Waals surface area contributed by atoms with Gasteiger partial charge in [0.05, 0.1) is 11.7 Å². The normalized spacial score (nSPS) is 23.2. The van der Waals surface area contributed by atoms with E-state index < -0.39 is 23.9 Å². The van der Waals surface area contributed by atoms with E-state index in [0.717, 1.165) is 0 Å². The molecule has 0 bridgehead atoms. The highest BCUT2D eigenvalue weighted by atomic mass is 19.1. The number of carbonyl (C=O) groups is 1. The van der Waals surface area contributed by atoms with Crippen LogP contribution in [0.15, 0.2) is 18.2 Å². The molecule has 2 rings (SSSR count). The summed E-state index contributed by atoms with van der Waals surface area (Å²) in [4.78, 5) is 12.7. The molecule has 6 heteroatoms. The number of nitrogens with zero attached hydrogens (tertiary/aromatic N) is 2. The maximum atomic E-state index is 13.2. The van der Waals surface area contributed by atoms with Gasteiger partial charge in [-0.3, -0.25) is 9.69 Å². The van der Waals surface area contributed by atoms with Crippen LogP contribution in [0.4, 0.5) is 4.39 Å². The van der Waals surface area contributed by atoms with Gasteiger partial charge < -0.3 is 10.2 Å². The van der Waals surface area contributed by atoms with Crippen molar-refractivity contribution < 1.29 is 19.4 Å². The summed E-state index contributed by atoms with van der Waals surface area (Å²) in [7, 11) is 0. The third kappa shape index (κ3) is 2.89. The first-order chi connectivity index (χ1) is 9.01. The van der Waals surface area contributed by atoms with Gasteiger partial charge in [-0.05, 0) is 17.7 Å². The first-order valence-electron chi connectivity index (χ1n) is 5.84. The molecule has 0 aromatic heterocycles. The number of benzene rings is 1. The average molecular weight is 264 g/mol. The SMILES string of the molecule is N#Cc1cc(CN2CC(O)CC2C(=O)O)ccc1F. The fourth-order valence-electron chi connectivity index (χ4n) is 2.30. The Morgan fingerprint density at radius 3 is 2.95 bits per heavy atom. The van der Waals surface area contributed by atoms with Crippen LogP contribution in [-0.2, 0) is 11.3 Å². The second kappa shape index (κ2) is 5.34. The minimum Gasteiger partial charge on any atom is -0.480 e. The lowest BCUT2D eigenvalue weighted by molar-refractivity contribution is -0.142. The molecule has 1 fully saturated rings. The van der Waals surface area contributed by atoms with Gasteiger partial charge in [0.1, 0.15) is 17.9 Å². The maximum absolute atomic E-state index is 13.2. The van der Waals surface area contributed by atoms with E-state index in [0.29, 0.717) is 5.56 Å². The Morgan fingerprint density at radius 2 is 2.32 bits per heavy atom. The van der Waals surface area contributed by atoms with Crippen LogP contribution in [0.3, 0.4) is 0 Å². The summed E-state index contributed by atoms with van der Waals surface area (Å²) in [5.74, 6) is -1.58. The van der Waals surface area contributed by atoms with Crippen LogP contribution in [0.1, 0.15) is 17.5 Å². The molecule has 1 saturated heterocycles. The topological polar surface area (TPSA) is 84.6 Å². The van der Waals surface area contributed by atoms with Gasteiger partial charge in [0.15, 0.2) is 0 Å². The van der Waals surface area contributed by atoms with Crippen molar-refractivity contribution in [1.82, 2.24) is 4.90 Å². The van der Waals surface area contributed by atoms with Crippen LogP contribution < -0.4 is 0 Å². The molecule has 2 N–H and O–H groups in total. The molecular formula is C13H13FN2O3. The minimum absolute atomic E-state index is 0.0656. The number of aliphatic hydroxyl groups excluding tert-OH is 1. The summed E-state index contributed by atoms with van der Waals surface area (Å²) in [6, 6.07) is 5.11. The zero-order valence-electron chi connectivity index (χ0n) is 10.1. The molecule has 100 valence electrons. The zero-order valence-corrected chi connectivity index (χ0v) is 10.1. The third-order valence-electron chi connectivity index (χ3n) is 3.20. The van der Waals surface area contributed by atoms with Crippen LogP contribution in [0, 0.1) is 17.1 Å². The molecule has 19 heavy (non-hydrogen) atoms. The molecule has 0 radical (unpaired) electrons. The van der Waals surface area contributed by atoms with Gasteiger partial charge in [-0.25, -0.2) is 4.39 Å². The van der Waals surface area contributed by atoms with Crippen molar-refractivity contribution in [3.8, 4) is 6.07 Å². The van der Waals surface area contributed by atoms with E-state index in [-0.39, 0.29) is 25.1 Å². The molecule has 0 spiro atoms. The van der Waals surface area contributed by atoms with Gasteiger partial charge in [0, 0.05) is 19.5 Å². The van der Waals surface area contributed by atoms with Gasteiger partial charge in [-0.2, -0.15) is 5.26 Å². The van der Waals surface area contributed by atoms with Crippen molar-refractivity contribution in [2.75, 3.05) is 6.54 Å². The Hall–Kier alpha value is -1.97.